The van der Waals surface area contributed by atoms with Crippen LogP contribution in [-0.2, 0) is 0 Å². The van der Waals surface area contributed by atoms with Crippen LogP contribution in [0.2, 0.25) is 0 Å². The third kappa shape index (κ3) is 2.92. The first-order valence-electron chi connectivity index (χ1n) is 10.4. The first kappa shape index (κ1) is 21.2. The lowest BCUT2D eigenvalue weighted by Gasteiger charge is -2.27. The second-order valence-electron chi connectivity index (χ2n) is 8.76. The molecule has 0 heterocycles. The molecule has 0 N–H and O–H groups in total. The number of hydrogen-bond acceptors (Lipinski definition) is 2. The van der Waals surface area contributed by atoms with Crippen molar-refractivity contribution in [3.8, 4) is 0 Å². The Labute approximate surface area is 175 Å². The highest BCUT2D eigenvalue weighted by molar-refractivity contribution is 6.30. The normalized spacial score (nSPS) is 15.4. The molecule has 0 saturated heterocycles. The average Bonchev–Trinajstić information content (AvgIpc) is 2.70. The van der Waals surface area contributed by atoms with Crippen molar-refractivity contribution in [1.29, 1.82) is 0 Å². The van der Waals surface area contributed by atoms with E-state index in [0.29, 0.717) is 0 Å². The van der Waals surface area contributed by atoms with Crippen molar-refractivity contribution in [1.82, 2.24) is 0 Å². The van der Waals surface area contributed by atoms with Gasteiger partial charge in [-0.1, -0.05) is 0 Å². The molecular formula is C27H33NO. The van der Waals surface area contributed by atoms with Gasteiger partial charge in [0, 0.05) is 16.7 Å². The summed E-state index contributed by atoms with van der Waals surface area (Å²) in [7, 11) is 0. The van der Waals surface area contributed by atoms with E-state index in [2.05, 4.69) is 62.3 Å². The molecule has 0 amide bonds. The monoisotopic (exact) mass is 387 g/mol. The topological polar surface area (TPSA) is 29.4 Å². The van der Waals surface area contributed by atoms with Gasteiger partial charge in [-0.3, -0.25) is 4.79 Å². The van der Waals surface area contributed by atoms with E-state index < -0.39 is 0 Å². The maximum atomic E-state index is 13.2. The van der Waals surface area contributed by atoms with Gasteiger partial charge in [0.2, 0.25) is 0 Å². The van der Waals surface area contributed by atoms with Crippen molar-refractivity contribution in [2.24, 2.45) is 4.99 Å². The maximum absolute atomic E-state index is 13.2. The van der Waals surface area contributed by atoms with E-state index in [9.17, 15) is 4.79 Å². The molecule has 1 aliphatic rings. The standard InChI is InChI=1S/C27H33NO/c1-12-15(4)19(8)25(20(9)16(12)5)28-26-21(10)22(11)27(29)24-18(7)14(3)13(2)17(6)23(24)26/h1-11H3. The number of ketones is 1. The summed E-state index contributed by atoms with van der Waals surface area (Å²) in [6.07, 6.45) is 0. The van der Waals surface area contributed by atoms with Gasteiger partial charge in [-0.2, -0.15) is 0 Å². The number of fused-ring (bicyclic) bond motifs is 1. The highest BCUT2D eigenvalue weighted by atomic mass is 16.1. The van der Waals surface area contributed by atoms with Crippen molar-refractivity contribution in [2.45, 2.75) is 76.2 Å². The van der Waals surface area contributed by atoms with Crippen LogP contribution < -0.4 is 0 Å². The summed E-state index contributed by atoms with van der Waals surface area (Å²) >= 11 is 0. The largest absolute Gasteiger partial charge is 0.289 e. The Bertz CT molecular complexity index is 1130. The van der Waals surface area contributed by atoms with Crippen molar-refractivity contribution < 1.29 is 4.79 Å². The lowest BCUT2D eigenvalue weighted by Crippen LogP contribution is -2.24. The molecule has 0 aliphatic heterocycles. The van der Waals surface area contributed by atoms with Gasteiger partial charge in [0.05, 0.1) is 11.4 Å². The second-order valence-corrected chi connectivity index (χ2v) is 8.76. The minimum Gasteiger partial charge on any atom is -0.289 e. The summed E-state index contributed by atoms with van der Waals surface area (Å²) < 4.78 is 0. The molecular weight excluding hydrogens is 354 g/mol. The van der Waals surface area contributed by atoms with Crippen molar-refractivity contribution in [3.63, 3.8) is 0 Å². The number of allylic oxidation sites excluding steroid dienone is 2. The van der Waals surface area contributed by atoms with Gasteiger partial charge in [-0.15, -0.1) is 0 Å². The van der Waals surface area contributed by atoms with Gasteiger partial charge in [-0.25, -0.2) is 4.99 Å². The van der Waals surface area contributed by atoms with Gasteiger partial charge in [0.1, 0.15) is 0 Å². The molecule has 3 rings (SSSR count). The third-order valence-electron chi connectivity index (χ3n) is 7.59. The number of carbonyl (C=O) groups excluding carboxylic acids is 1. The molecule has 2 aromatic carbocycles. The highest BCUT2D eigenvalue weighted by Crippen LogP contribution is 2.38. The van der Waals surface area contributed by atoms with Gasteiger partial charge in [0.15, 0.2) is 5.78 Å². The van der Waals surface area contributed by atoms with E-state index in [-0.39, 0.29) is 5.78 Å². The first-order valence-corrected chi connectivity index (χ1v) is 10.4. The molecule has 152 valence electrons. The van der Waals surface area contributed by atoms with Crippen molar-refractivity contribution >= 4 is 17.2 Å². The molecule has 0 unspecified atom stereocenters. The minimum absolute atomic E-state index is 0.143. The fraction of sp³-hybridized carbons (Fsp3) is 0.407. The minimum atomic E-state index is 0.143. The zero-order chi connectivity index (χ0) is 21.9. The smallest absolute Gasteiger partial charge is 0.190 e. The van der Waals surface area contributed by atoms with Crippen LogP contribution in [0.1, 0.15) is 79.8 Å². The number of benzene rings is 2. The van der Waals surface area contributed by atoms with Crippen LogP contribution in [0.5, 0.6) is 0 Å². The molecule has 2 heteroatoms. The van der Waals surface area contributed by atoms with Crippen LogP contribution in [0.3, 0.4) is 0 Å². The molecule has 1 aliphatic carbocycles. The molecule has 2 nitrogen and oxygen atoms in total. The quantitative estimate of drug-likeness (QED) is 0.512. The molecule has 0 atom stereocenters. The average molecular weight is 388 g/mol. The molecule has 0 radical (unpaired) electrons. The Morgan fingerprint density at radius 1 is 0.448 bits per heavy atom. The number of hydrogen-bond donors (Lipinski definition) is 0. The Hall–Kier alpha value is -2.48. The molecule has 0 aromatic heterocycles. The summed E-state index contributed by atoms with van der Waals surface area (Å²) in [5.74, 6) is 0.143. The van der Waals surface area contributed by atoms with Gasteiger partial charge < -0.3 is 0 Å². The van der Waals surface area contributed by atoms with Crippen LogP contribution >= 0.6 is 0 Å². The first-order chi connectivity index (χ1) is 13.4. The SMILES string of the molecule is CC1=C(C)C(=Nc2c(C)c(C)c(C)c(C)c2C)c2c(C)c(C)c(C)c(C)c2C1=O. The lowest BCUT2D eigenvalue weighted by molar-refractivity contribution is 0.103. The highest BCUT2D eigenvalue weighted by Gasteiger charge is 2.31. The summed E-state index contributed by atoms with van der Waals surface area (Å²) in [6.45, 7) is 23.3. The summed E-state index contributed by atoms with van der Waals surface area (Å²) in [6, 6.07) is 0. The Morgan fingerprint density at radius 2 is 0.828 bits per heavy atom. The predicted molar refractivity (Wildman–Crippen MR) is 124 cm³/mol. The van der Waals surface area contributed by atoms with Crippen LogP contribution in [0.15, 0.2) is 16.1 Å². The molecule has 0 spiro atoms. The number of rotatable bonds is 1. The van der Waals surface area contributed by atoms with Gasteiger partial charge in [-0.05, 0) is 132 Å². The maximum Gasteiger partial charge on any atom is 0.190 e. The molecule has 0 saturated carbocycles. The van der Waals surface area contributed by atoms with Crippen LogP contribution in [-0.4, -0.2) is 11.5 Å². The number of carbonyl (C=O) groups is 1. The van der Waals surface area contributed by atoms with Crippen LogP contribution in [0.4, 0.5) is 5.69 Å². The molecule has 29 heavy (non-hydrogen) atoms. The van der Waals surface area contributed by atoms with Crippen molar-refractivity contribution in [2.75, 3.05) is 0 Å². The van der Waals surface area contributed by atoms with Crippen LogP contribution in [0, 0.1) is 62.3 Å². The van der Waals surface area contributed by atoms with Gasteiger partial charge >= 0.3 is 0 Å². The van der Waals surface area contributed by atoms with Crippen LogP contribution in [0.25, 0.3) is 0 Å². The zero-order valence-corrected chi connectivity index (χ0v) is 19.9. The van der Waals surface area contributed by atoms with Gasteiger partial charge in [0.25, 0.3) is 0 Å². The number of nitrogens with zero attached hydrogens (tertiary/aromatic N) is 1. The third-order valence-corrected chi connectivity index (χ3v) is 7.59. The van der Waals surface area contributed by atoms with E-state index in [4.69, 9.17) is 4.99 Å². The molecule has 0 bridgehead atoms. The Kier molecular flexibility index (Phi) is 5.19. The van der Waals surface area contributed by atoms with E-state index in [1.165, 1.54) is 38.9 Å². The lowest BCUT2D eigenvalue weighted by atomic mass is 9.77. The zero-order valence-electron chi connectivity index (χ0n) is 19.9. The second kappa shape index (κ2) is 7.09. The predicted octanol–water partition coefficient (Wildman–Crippen LogP) is 7.12. The number of aliphatic imine (C=N–C) groups is 1. The molecule has 0 fully saturated rings. The number of Topliss-reactive ketones (excluding diaryl/α,β-unsaturated/α-hetero) is 1. The Morgan fingerprint density at radius 3 is 1.31 bits per heavy atom. The summed E-state index contributed by atoms with van der Waals surface area (Å²) in [5, 5.41) is 0. The summed E-state index contributed by atoms with van der Waals surface area (Å²) in [5.41, 5.74) is 16.7. The molecule has 2 aromatic rings. The fourth-order valence-electron chi connectivity index (χ4n) is 4.51. The Balaban J connectivity index is 2.49. The van der Waals surface area contributed by atoms with Crippen molar-refractivity contribution in [3.05, 3.63) is 72.3 Å². The van der Waals surface area contributed by atoms with E-state index in [0.717, 1.165) is 44.8 Å². The van der Waals surface area contributed by atoms with E-state index in [1.54, 1.807) is 0 Å². The fourth-order valence-corrected chi connectivity index (χ4v) is 4.51. The summed E-state index contributed by atoms with van der Waals surface area (Å²) in [4.78, 5) is 18.5. The van der Waals surface area contributed by atoms with E-state index >= 15 is 0 Å². The van der Waals surface area contributed by atoms with E-state index in [1.807, 2.05) is 13.8 Å².